The molecule has 39 heavy (non-hydrogen) atoms. The second kappa shape index (κ2) is 17.7. The van der Waals surface area contributed by atoms with Crippen LogP contribution in [0.4, 0.5) is 5.69 Å². The first-order chi connectivity index (χ1) is 19.1. The molecule has 0 saturated heterocycles. The third-order valence-electron chi connectivity index (χ3n) is 7.17. The molecule has 0 aliphatic carbocycles. The molecule has 212 valence electrons. The maximum atomic E-state index is 13.1. The Hall–Kier alpha value is -2.86. The molecule has 6 heteroatoms. The van der Waals surface area contributed by atoms with Crippen molar-refractivity contribution in [1.82, 2.24) is 0 Å². The standard InChI is InChI=1S/C33H46N2O3S/c1-4-5-6-7-8-9-10-11-12-13-14-17-23-38-31-21-20-28(25-32(31)37-3)33(36)34-30-19-16-15-18-29(30)26-35-22-24-39-27(35)2/h15-16,18-22,24-25H,4-14,17,23,26H2,1-3H3/p+1. The van der Waals surface area contributed by atoms with Gasteiger partial charge in [-0.05, 0) is 30.7 Å². The van der Waals surface area contributed by atoms with Crippen LogP contribution in [0.25, 0.3) is 0 Å². The van der Waals surface area contributed by atoms with E-state index < -0.39 is 0 Å². The highest BCUT2D eigenvalue weighted by atomic mass is 32.1. The Kier molecular flexibility index (Phi) is 13.9. The Bertz CT molecular complexity index is 1130. The fourth-order valence-electron chi connectivity index (χ4n) is 4.75. The number of hydrogen-bond donors (Lipinski definition) is 1. The highest BCUT2D eigenvalue weighted by Gasteiger charge is 2.16. The predicted octanol–water partition coefficient (Wildman–Crippen LogP) is 8.73. The molecule has 0 aliphatic heterocycles. The predicted molar refractivity (Wildman–Crippen MR) is 162 cm³/mol. The van der Waals surface area contributed by atoms with Crippen LogP contribution in [0.1, 0.15) is 105 Å². The van der Waals surface area contributed by atoms with Crippen LogP contribution in [0.15, 0.2) is 54.0 Å². The van der Waals surface area contributed by atoms with Gasteiger partial charge in [0.15, 0.2) is 24.2 Å². The minimum Gasteiger partial charge on any atom is -0.493 e. The number of aryl methyl sites for hydroxylation is 1. The lowest BCUT2D eigenvalue weighted by Crippen LogP contribution is -2.34. The molecule has 1 N–H and O–H groups in total. The van der Waals surface area contributed by atoms with Crippen molar-refractivity contribution in [3.8, 4) is 11.5 Å². The summed E-state index contributed by atoms with van der Waals surface area (Å²) in [7, 11) is 1.61. The van der Waals surface area contributed by atoms with E-state index in [0.717, 1.165) is 17.7 Å². The van der Waals surface area contributed by atoms with Gasteiger partial charge in [-0.3, -0.25) is 4.79 Å². The van der Waals surface area contributed by atoms with Crippen LogP contribution in [0.3, 0.4) is 0 Å². The van der Waals surface area contributed by atoms with Gasteiger partial charge in [0.2, 0.25) is 5.01 Å². The Morgan fingerprint density at radius 3 is 2.18 bits per heavy atom. The number of unbranched alkanes of at least 4 members (excludes halogenated alkanes) is 11. The van der Waals surface area contributed by atoms with Crippen molar-refractivity contribution in [2.75, 3.05) is 19.0 Å². The Balaban J connectivity index is 1.40. The maximum absolute atomic E-state index is 13.1. The second-order valence-corrected chi connectivity index (χ2v) is 11.4. The summed E-state index contributed by atoms with van der Waals surface area (Å²) in [6.07, 6.45) is 17.9. The summed E-state index contributed by atoms with van der Waals surface area (Å²) in [4.78, 5) is 13.1. The van der Waals surface area contributed by atoms with Crippen molar-refractivity contribution in [1.29, 1.82) is 0 Å². The van der Waals surface area contributed by atoms with E-state index in [1.165, 1.54) is 75.6 Å². The summed E-state index contributed by atoms with van der Waals surface area (Å²) in [5.74, 6) is 1.10. The first-order valence-corrected chi connectivity index (χ1v) is 15.6. The summed E-state index contributed by atoms with van der Waals surface area (Å²) in [5, 5.41) is 6.38. The zero-order chi connectivity index (χ0) is 27.7. The molecule has 0 atom stereocenters. The molecule has 0 fully saturated rings. The number of para-hydroxylation sites is 1. The van der Waals surface area contributed by atoms with Gasteiger partial charge in [-0.2, -0.15) is 4.57 Å². The van der Waals surface area contributed by atoms with E-state index in [0.29, 0.717) is 30.2 Å². The largest absolute Gasteiger partial charge is 0.493 e. The number of nitrogens with zero attached hydrogens (tertiary/aromatic N) is 1. The Labute approximate surface area is 239 Å². The number of nitrogens with one attached hydrogen (secondary N) is 1. The summed E-state index contributed by atoms with van der Waals surface area (Å²) in [6, 6.07) is 13.3. The molecule has 0 unspecified atom stereocenters. The van der Waals surface area contributed by atoms with Crippen LogP contribution in [-0.4, -0.2) is 19.6 Å². The SMILES string of the molecule is CCCCCCCCCCCCCCOc1ccc(C(=O)Nc2ccccc2C[n+]2ccsc2C)cc1OC. The van der Waals surface area contributed by atoms with Crippen molar-refractivity contribution in [3.05, 3.63) is 70.2 Å². The fourth-order valence-corrected chi connectivity index (χ4v) is 5.42. The van der Waals surface area contributed by atoms with Gasteiger partial charge < -0.3 is 14.8 Å². The van der Waals surface area contributed by atoms with Crippen molar-refractivity contribution < 1.29 is 18.8 Å². The number of carbonyl (C=O) groups is 1. The molecular formula is C33H47N2O3S+. The third kappa shape index (κ3) is 10.7. The van der Waals surface area contributed by atoms with E-state index in [4.69, 9.17) is 9.47 Å². The first-order valence-electron chi connectivity index (χ1n) is 14.8. The summed E-state index contributed by atoms with van der Waals surface area (Å²) < 4.78 is 13.7. The van der Waals surface area contributed by atoms with Crippen molar-refractivity contribution >= 4 is 22.9 Å². The number of benzene rings is 2. The van der Waals surface area contributed by atoms with Crippen LogP contribution in [0, 0.1) is 6.92 Å². The van der Waals surface area contributed by atoms with Crippen LogP contribution in [0.5, 0.6) is 11.5 Å². The zero-order valence-electron chi connectivity index (χ0n) is 24.2. The molecule has 0 spiro atoms. The van der Waals surface area contributed by atoms with E-state index in [9.17, 15) is 4.79 Å². The number of hydrogen-bond acceptors (Lipinski definition) is 4. The van der Waals surface area contributed by atoms with E-state index in [-0.39, 0.29) is 5.91 Å². The maximum Gasteiger partial charge on any atom is 0.255 e. The van der Waals surface area contributed by atoms with Gasteiger partial charge in [0, 0.05) is 18.1 Å². The third-order valence-corrected chi connectivity index (χ3v) is 8.00. The smallest absolute Gasteiger partial charge is 0.255 e. The first kappa shape index (κ1) is 30.7. The average molecular weight is 552 g/mol. The highest BCUT2D eigenvalue weighted by Crippen LogP contribution is 2.29. The van der Waals surface area contributed by atoms with Gasteiger partial charge in [-0.25, -0.2) is 0 Å². The number of anilines is 1. The zero-order valence-corrected chi connectivity index (χ0v) is 25.0. The van der Waals surface area contributed by atoms with Crippen LogP contribution in [-0.2, 0) is 6.54 Å². The van der Waals surface area contributed by atoms with Crippen LogP contribution >= 0.6 is 11.3 Å². The quantitative estimate of drug-likeness (QED) is 0.120. The summed E-state index contributed by atoms with van der Waals surface area (Å²) in [5.41, 5.74) is 2.41. The lowest BCUT2D eigenvalue weighted by molar-refractivity contribution is -0.689. The Morgan fingerprint density at radius 2 is 1.54 bits per heavy atom. The number of thiazole rings is 1. The normalized spacial score (nSPS) is 10.9. The molecule has 1 aromatic heterocycles. The summed E-state index contributed by atoms with van der Waals surface area (Å²) >= 11 is 1.71. The number of ether oxygens (including phenoxy) is 2. The molecule has 0 radical (unpaired) electrons. The van der Waals surface area contributed by atoms with Crippen LogP contribution < -0.4 is 19.4 Å². The molecule has 0 bridgehead atoms. The molecule has 3 rings (SSSR count). The van der Waals surface area contributed by atoms with E-state index in [1.807, 2.05) is 30.3 Å². The van der Waals surface area contributed by atoms with E-state index in [1.54, 1.807) is 30.6 Å². The van der Waals surface area contributed by atoms with Gasteiger partial charge >= 0.3 is 0 Å². The van der Waals surface area contributed by atoms with E-state index in [2.05, 4.69) is 35.3 Å². The van der Waals surface area contributed by atoms with Gasteiger partial charge in [-0.15, -0.1) is 0 Å². The van der Waals surface area contributed by atoms with Gasteiger partial charge in [-0.1, -0.05) is 107 Å². The number of carbonyl (C=O) groups excluding carboxylic acids is 1. The average Bonchev–Trinajstić information content (AvgIpc) is 3.36. The fraction of sp³-hybridized carbons (Fsp3) is 0.515. The van der Waals surface area contributed by atoms with Gasteiger partial charge in [0.05, 0.1) is 24.8 Å². The lowest BCUT2D eigenvalue weighted by Gasteiger charge is -2.13. The summed E-state index contributed by atoms with van der Waals surface area (Å²) in [6.45, 7) is 5.74. The number of rotatable bonds is 19. The van der Waals surface area contributed by atoms with Crippen LogP contribution in [0.2, 0.25) is 0 Å². The second-order valence-electron chi connectivity index (χ2n) is 10.3. The highest BCUT2D eigenvalue weighted by molar-refractivity contribution is 7.09. The number of methoxy groups -OCH3 is 1. The molecule has 3 aromatic rings. The van der Waals surface area contributed by atoms with Gasteiger partial charge in [0.1, 0.15) is 0 Å². The molecule has 2 aromatic carbocycles. The minimum absolute atomic E-state index is 0.166. The molecule has 0 aliphatic rings. The van der Waals surface area contributed by atoms with E-state index >= 15 is 0 Å². The molecule has 0 saturated carbocycles. The molecule has 1 heterocycles. The number of aromatic nitrogens is 1. The van der Waals surface area contributed by atoms with Crippen molar-refractivity contribution in [3.63, 3.8) is 0 Å². The molecule has 5 nitrogen and oxygen atoms in total. The van der Waals surface area contributed by atoms with Crippen molar-refractivity contribution in [2.24, 2.45) is 0 Å². The molecular weight excluding hydrogens is 504 g/mol. The monoisotopic (exact) mass is 551 g/mol. The van der Waals surface area contributed by atoms with Gasteiger partial charge in [0.25, 0.3) is 5.91 Å². The lowest BCUT2D eigenvalue weighted by atomic mass is 10.1. The Morgan fingerprint density at radius 1 is 0.872 bits per heavy atom. The number of amides is 1. The van der Waals surface area contributed by atoms with Crippen molar-refractivity contribution in [2.45, 2.75) is 97.4 Å². The minimum atomic E-state index is -0.166. The topological polar surface area (TPSA) is 51.4 Å². The molecule has 1 amide bonds.